The Bertz CT molecular complexity index is 1230. The number of rotatable bonds is 5. The fourth-order valence-corrected chi connectivity index (χ4v) is 4.41. The molecular weight excluding hydrogens is 452 g/mol. The maximum absolute atomic E-state index is 12.9. The molecule has 3 aromatic rings. The van der Waals surface area contributed by atoms with Crippen molar-refractivity contribution in [3.8, 4) is 22.4 Å². The molecule has 178 valence electrons. The molecule has 1 aliphatic rings. The van der Waals surface area contributed by atoms with Crippen molar-refractivity contribution in [3.05, 3.63) is 65.1 Å². The van der Waals surface area contributed by atoms with E-state index in [0.29, 0.717) is 30.4 Å². The van der Waals surface area contributed by atoms with E-state index in [-0.39, 0.29) is 11.9 Å². The van der Waals surface area contributed by atoms with Crippen molar-refractivity contribution < 1.29 is 14.3 Å². The summed E-state index contributed by atoms with van der Waals surface area (Å²) in [5.41, 5.74) is 4.88. The number of carbonyl (C=O) groups is 2. The van der Waals surface area contributed by atoms with Crippen LogP contribution in [0, 0.1) is 6.92 Å². The number of carbonyl (C=O) groups excluding carboxylic acids is 2. The van der Waals surface area contributed by atoms with Gasteiger partial charge in [-0.05, 0) is 69.5 Å². The van der Waals surface area contributed by atoms with E-state index in [1.54, 1.807) is 12.3 Å². The second kappa shape index (κ2) is 9.50. The Hall–Kier alpha value is -3.32. The number of nitrogens with zero attached hydrogens (tertiary/aromatic N) is 2. The highest BCUT2D eigenvalue weighted by Crippen LogP contribution is 2.39. The Morgan fingerprint density at radius 2 is 2.03 bits per heavy atom. The number of alkyl carbamates (subject to hydrolysis) is 1. The van der Waals surface area contributed by atoms with Crippen molar-refractivity contribution in [1.82, 2.24) is 20.2 Å². The van der Waals surface area contributed by atoms with Crippen LogP contribution in [0.3, 0.4) is 0 Å². The summed E-state index contributed by atoms with van der Waals surface area (Å²) < 4.78 is 7.44. The zero-order chi connectivity index (χ0) is 24.5. The highest BCUT2D eigenvalue weighted by molar-refractivity contribution is 6.29. The van der Waals surface area contributed by atoms with Crippen LogP contribution in [0.5, 0.6) is 0 Å². The van der Waals surface area contributed by atoms with Gasteiger partial charge in [0, 0.05) is 24.8 Å². The first-order valence-corrected chi connectivity index (χ1v) is 11.7. The smallest absolute Gasteiger partial charge is 0.407 e. The number of fused-ring (bicyclic) bond motifs is 1. The van der Waals surface area contributed by atoms with Crippen LogP contribution in [0.2, 0.25) is 5.15 Å². The number of pyridine rings is 1. The molecular formula is C26H29ClN4O3. The largest absolute Gasteiger partial charge is 0.444 e. The molecule has 34 heavy (non-hydrogen) atoms. The van der Waals surface area contributed by atoms with Gasteiger partial charge in [0.2, 0.25) is 0 Å². The molecule has 7 nitrogen and oxygen atoms in total. The molecule has 1 atom stereocenters. The first kappa shape index (κ1) is 23.8. The molecule has 1 aromatic carbocycles. The van der Waals surface area contributed by atoms with E-state index >= 15 is 0 Å². The van der Waals surface area contributed by atoms with Crippen molar-refractivity contribution in [2.75, 3.05) is 13.1 Å². The standard InChI is InChI=1S/C26H29ClN4O3/c1-16-6-5-7-18(12-16)23-20(17-8-10-28-22(27)13-17)14-21-24(32)30-15-19(31(21)23)9-11-29-25(33)34-26(2,3)4/h5-8,10,12-14,19H,9,11,15H2,1-4H3,(H,29,33)(H,30,32). The fourth-order valence-electron chi connectivity index (χ4n) is 4.23. The second-order valence-corrected chi connectivity index (χ2v) is 9.87. The van der Waals surface area contributed by atoms with Gasteiger partial charge < -0.3 is 19.9 Å². The quantitative estimate of drug-likeness (QED) is 0.480. The minimum Gasteiger partial charge on any atom is -0.444 e. The van der Waals surface area contributed by atoms with Gasteiger partial charge in [0.25, 0.3) is 5.91 Å². The van der Waals surface area contributed by atoms with Crippen molar-refractivity contribution in [3.63, 3.8) is 0 Å². The van der Waals surface area contributed by atoms with E-state index in [4.69, 9.17) is 16.3 Å². The third-order valence-electron chi connectivity index (χ3n) is 5.61. The van der Waals surface area contributed by atoms with Crippen molar-refractivity contribution >= 4 is 23.6 Å². The number of aryl methyl sites for hydroxylation is 1. The fraction of sp³-hybridized carbons (Fsp3) is 0.346. The van der Waals surface area contributed by atoms with Gasteiger partial charge >= 0.3 is 6.09 Å². The van der Waals surface area contributed by atoms with Gasteiger partial charge in [0.05, 0.1) is 11.7 Å². The van der Waals surface area contributed by atoms with Crippen molar-refractivity contribution in [2.45, 2.75) is 45.8 Å². The van der Waals surface area contributed by atoms with Crippen LogP contribution in [0.4, 0.5) is 4.79 Å². The van der Waals surface area contributed by atoms with Crippen LogP contribution in [0.25, 0.3) is 22.4 Å². The molecule has 0 saturated heterocycles. The molecule has 0 fully saturated rings. The third-order valence-corrected chi connectivity index (χ3v) is 5.81. The zero-order valence-electron chi connectivity index (χ0n) is 19.8. The molecule has 0 spiro atoms. The van der Waals surface area contributed by atoms with Crippen LogP contribution in [-0.4, -0.2) is 40.2 Å². The molecule has 0 bridgehead atoms. The third kappa shape index (κ3) is 5.25. The lowest BCUT2D eigenvalue weighted by Gasteiger charge is -2.29. The van der Waals surface area contributed by atoms with Crippen LogP contribution in [0.15, 0.2) is 48.7 Å². The lowest BCUT2D eigenvalue weighted by molar-refractivity contribution is 0.0524. The molecule has 0 radical (unpaired) electrons. The normalized spacial score (nSPS) is 15.4. The summed E-state index contributed by atoms with van der Waals surface area (Å²) in [4.78, 5) is 29.1. The Balaban J connectivity index is 1.74. The van der Waals surface area contributed by atoms with E-state index in [1.165, 1.54) is 0 Å². The van der Waals surface area contributed by atoms with Crippen LogP contribution in [0.1, 0.15) is 49.3 Å². The van der Waals surface area contributed by atoms with Gasteiger partial charge in [-0.1, -0.05) is 35.4 Å². The molecule has 8 heteroatoms. The number of ether oxygens (including phenoxy) is 1. The van der Waals surface area contributed by atoms with Gasteiger partial charge in [-0.3, -0.25) is 4.79 Å². The van der Waals surface area contributed by atoms with Crippen LogP contribution >= 0.6 is 11.6 Å². The molecule has 0 saturated carbocycles. The Labute approximate surface area is 204 Å². The Kier molecular flexibility index (Phi) is 6.66. The highest BCUT2D eigenvalue weighted by atomic mass is 35.5. The SMILES string of the molecule is Cc1cccc(-c2c(-c3ccnc(Cl)c3)cc3n2C(CCNC(=O)OC(C)(C)C)CNC3=O)c1. The van der Waals surface area contributed by atoms with Gasteiger partial charge in [0.1, 0.15) is 16.4 Å². The summed E-state index contributed by atoms with van der Waals surface area (Å²) in [6.45, 7) is 8.41. The molecule has 2 aromatic heterocycles. The maximum atomic E-state index is 12.9. The van der Waals surface area contributed by atoms with Crippen molar-refractivity contribution in [1.29, 1.82) is 0 Å². The zero-order valence-corrected chi connectivity index (χ0v) is 20.6. The predicted octanol–water partition coefficient (Wildman–Crippen LogP) is 5.38. The average Bonchev–Trinajstić information content (AvgIpc) is 3.16. The Morgan fingerprint density at radius 1 is 1.24 bits per heavy atom. The number of aromatic nitrogens is 2. The molecule has 2 N–H and O–H groups in total. The van der Waals surface area contributed by atoms with E-state index in [9.17, 15) is 9.59 Å². The van der Waals surface area contributed by atoms with Crippen LogP contribution in [-0.2, 0) is 4.74 Å². The van der Waals surface area contributed by atoms with Gasteiger partial charge in [-0.15, -0.1) is 0 Å². The minimum absolute atomic E-state index is 0.0517. The lowest BCUT2D eigenvalue weighted by Crippen LogP contribution is -2.41. The van der Waals surface area contributed by atoms with Gasteiger partial charge in [-0.2, -0.15) is 0 Å². The maximum Gasteiger partial charge on any atom is 0.407 e. The number of hydrogen-bond donors (Lipinski definition) is 2. The minimum atomic E-state index is -0.560. The predicted molar refractivity (Wildman–Crippen MR) is 133 cm³/mol. The summed E-state index contributed by atoms with van der Waals surface area (Å²) in [5.74, 6) is -0.128. The lowest BCUT2D eigenvalue weighted by atomic mass is 10.0. The first-order chi connectivity index (χ1) is 16.1. The summed E-state index contributed by atoms with van der Waals surface area (Å²) in [6, 6.07) is 13.8. The van der Waals surface area contributed by atoms with E-state index < -0.39 is 11.7 Å². The van der Waals surface area contributed by atoms with E-state index in [2.05, 4.69) is 26.3 Å². The number of nitrogens with one attached hydrogen (secondary N) is 2. The number of hydrogen-bond acceptors (Lipinski definition) is 4. The molecule has 2 amide bonds. The summed E-state index contributed by atoms with van der Waals surface area (Å²) in [5, 5.41) is 6.21. The van der Waals surface area contributed by atoms with Gasteiger partial charge in [-0.25, -0.2) is 9.78 Å². The molecule has 0 aliphatic carbocycles. The number of amides is 2. The van der Waals surface area contributed by atoms with Crippen LogP contribution < -0.4 is 10.6 Å². The first-order valence-electron chi connectivity index (χ1n) is 11.3. The van der Waals surface area contributed by atoms with E-state index in [1.807, 2.05) is 58.0 Å². The monoisotopic (exact) mass is 480 g/mol. The molecule has 4 rings (SSSR count). The molecule has 3 heterocycles. The summed E-state index contributed by atoms with van der Waals surface area (Å²) >= 11 is 6.20. The second-order valence-electron chi connectivity index (χ2n) is 9.48. The van der Waals surface area contributed by atoms with Gasteiger partial charge in [0.15, 0.2) is 0 Å². The Morgan fingerprint density at radius 3 is 2.74 bits per heavy atom. The molecule has 1 unspecified atom stereocenters. The summed E-state index contributed by atoms with van der Waals surface area (Å²) in [7, 11) is 0. The number of benzene rings is 1. The summed E-state index contributed by atoms with van der Waals surface area (Å²) in [6.07, 6.45) is 1.83. The topological polar surface area (TPSA) is 85.2 Å². The number of halogens is 1. The van der Waals surface area contributed by atoms with E-state index in [0.717, 1.165) is 27.9 Å². The highest BCUT2D eigenvalue weighted by Gasteiger charge is 2.31. The van der Waals surface area contributed by atoms with Crippen molar-refractivity contribution in [2.24, 2.45) is 0 Å². The average molecular weight is 481 g/mol. The molecule has 1 aliphatic heterocycles.